The van der Waals surface area contributed by atoms with Gasteiger partial charge in [-0.3, -0.25) is 9.59 Å². The van der Waals surface area contributed by atoms with Crippen molar-refractivity contribution in [1.82, 2.24) is 0 Å². The SMILES string of the molecule is C=C(C)[C@@H]1C=C2[C@@H](C)CC[C@@H](Cc3c(O)c(C=O)c(O)c(C(=O)CCC)c3O)[C@]2(C)CC1. The number of hydrogen-bond acceptors (Lipinski definition) is 5. The molecule has 0 amide bonds. The minimum atomic E-state index is -0.636. The molecule has 1 saturated carbocycles. The van der Waals surface area contributed by atoms with Gasteiger partial charge in [0.15, 0.2) is 12.1 Å². The molecule has 1 fully saturated rings. The summed E-state index contributed by atoms with van der Waals surface area (Å²) in [6.45, 7) is 12.5. The van der Waals surface area contributed by atoms with Crippen molar-refractivity contribution in [2.75, 3.05) is 0 Å². The summed E-state index contributed by atoms with van der Waals surface area (Å²) in [7, 11) is 0. The monoisotopic (exact) mass is 440 g/mol. The van der Waals surface area contributed by atoms with Crippen molar-refractivity contribution in [2.24, 2.45) is 23.2 Å². The van der Waals surface area contributed by atoms with Crippen LogP contribution in [0.1, 0.15) is 92.5 Å². The second kappa shape index (κ2) is 9.13. The Morgan fingerprint density at radius 1 is 1.19 bits per heavy atom. The molecular weight excluding hydrogens is 404 g/mol. The number of fused-ring (bicyclic) bond motifs is 1. The minimum Gasteiger partial charge on any atom is -0.507 e. The first kappa shape index (κ1) is 24.1. The number of carbonyl (C=O) groups excluding carboxylic acids is 2. The van der Waals surface area contributed by atoms with Gasteiger partial charge in [-0.25, -0.2) is 0 Å². The average molecular weight is 441 g/mol. The second-order valence-electron chi connectivity index (χ2n) is 10.0. The number of Topliss-reactive ketones (excluding diaryl/α,β-unsaturated/α-hetero) is 1. The third-order valence-corrected chi connectivity index (χ3v) is 7.91. The maximum atomic E-state index is 12.6. The Bertz CT molecular complexity index is 973. The summed E-state index contributed by atoms with van der Waals surface area (Å²) in [6, 6.07) is 0. The summed E-state index contributed by atoms with van der Waals surface area (Å²) in [5, 5.41) is 32.2. The molecule has 5 heteroatoms. The van der Waals surface area contributed by atoms with Crippen molar-refractivity contribution in [3.63, 3.8) is 0 Å². The van der Waals surface area contributed by atoms with E-state index in [9.17, 15) is 24.9 Å². The van der Waals surface area contributed by atoms with Gasteiger partial charge >= 0.3 is 0 Å². The van der Waals surface area contributed by atoms with Gasteiger partial charge in [0.2, 0.25) is 0 Å². The van der Waals surface area contributed by atoms with Gasteiger partial charge in [0.05, 0.1) is 5.56 Å². The number of allylic oxidation sites excluding steroid dienone is 3. The topological polar surface area (TPSA) is 94.8 Å². The van der Waals surface area contributed by atoms with Gasteiger partial charge in [-0.05, 0) is 68.6 Å². The number of benzene rings is 1. The summed E-state index contributed by atoms with van der Waals surface area (Å²) in [5.41, 5.74) is 2.08. The zero-order valence-corrected chi connectivity index (χ0v) is 19.7. The normalized spacial score (nSPS) is 27.4. The van der Waals surface area contributed by atoms with E-state index < -0.39 is 23.0 Å². The van der Waals surface area contributed by atoms with Crippen molar-refractivity contribution in [3.05, 3.63) is 40.5 Å². The molecule has 0 bridgehead atoms. The lowest BCUT2D eigenvalue weighted by atomic mass is 9.54. The summed E-state index contributed by atoms with van der Waals surface area (Å²) in [4.78, 5) is 24.2. The first-order chi connectivity index (χ1) is 15.1. The quantitative estimate of drug-likeness (QED) is 0.270. The molecule has 3 N–H and O–H groups in total. The smallest absolute Gasteiger partial charge is 0.170 e. The molecule has 32 heavy (non-hydrogen) atoms. The lowest BCUT2D eigenvalue weighted by Gasteiger charge is -2.50. The molecule has 1 aromatic carbocycles. The molecule has 2 aliphatic carbocycles. The number of carbonyl (C=O) groups is 2. The van der Waals surface area contributed by atoms with Crippen LogP contribution in [0.3, 0.4) is 0 Å². The lowest BCUT2D eigenvalue weighted by Crippen LogP contribution is -2.40. The van der Waals surface area contributed by atoms with Crippen molar-refractivity contribution in [3.8, 4) is 17.2 Å². The highest BCUT2D eigenvalue weighted by molar-refractivity contribution is 6.05. The van der Waals surface area contributed by atoms with E-state index in [1.165, 1.54) is 5.57 Å². The van der Waals surface area contributed by atoms with E-state index in [2.05, 4.69) is 33.4 Å². The van der Waals surface area contributed by atoms with E-state index in [0.717, 1.165) is 31.3 Å². The van der Waals surface area contributed by atoms with Gasteiger partial charge in [-0.2, -0.15) is 0 Å². The third-order valence-electron chi connectivity index (χ3n) is 7.91. The molecule has 0 heterocycles. The largest absolute Gasteiger partial charge is 0.507 e. The van der Waals surface area contributed by atoms with Gasteiger partial charge in [0.25, 0.3) is 0 Å². The molecule has 0 aromatic heterocycles. The van der Waals surface area contributed by atoms with Crippen LogP contribution in [-0.4, -0.2) is 27.4 Å². The molecule has 0 radical (unpaired) electrons. The highest BCUT2D eigenvalue weighted by Gasteiger charge is 2.46. The Kier molecular flexibility index (Phi) is 6.87. The summed E-state index contributed by atoms with van der Waals surface area (Å²) in [6.07, 6.45) is 7.63. The Morgan fingerprint density at radius 2 is 1.88 bits per heavy atom. The zero-order chi connectivity index (χ0) is 23.8. The van der Waals surface area contributed by atoms with E-state index in [-0.39, 0.29) is 34.4 Å². The standard InChI is InChI=1S/C27H36O5/c1-6-7-22(29)23-25(31)19(24(30)20(14-28)26(23)32)13-18-9-8-16(4)21-12-17(15(2)3)10-11-27(18,21)5/h12,14,16-18,30-32H,2,6-11,13H2,1,3-5H3/t16-,17-,18-,27-/m0/s1. The Hall–Kier alpha value is -2.56. The Balaban J connectivity index is 2.07. The van der Waals surface area contributed by atoms with E-state index in [1.54, 1.807) is 0 Å². The van der Waals surface area contributed by atoms with Crippen molar-refractivity contribution >= 4 is 12.1 Å². The number of ketones is 1. The van der Waals surface area contributed by atoms with Crippen LogP contribution in [0, 0.1) is 23.2 Å². The van der Waals surface area contributed by atoms with E-state index in [0.29, 0.717) is 31.0 Å². The van der Waals surface area contributed by atoms with Crippen LogP contribution in [0.25, 0.3) is 0 Å². The van der Waals surface area contributed by atoms with Gasteiger partial charge in [0, 0.05) is 12.0 Å². The van der Waals surface area contributed by atoms with Crippen LogP contribution < -0.4 is 0 Å². The molecule has 5 nitrogen and oxygen atoms in total. The molecule has 1 aromatic rings. The lowest BCUT2D eigenvalue weighted by molar-refractivity contribution is 0.0975. The summed E-state index contributed by atoms with van der Waals surface area (Å²) in [5.74, 6) is -0.937. The molecule has 0 spiro atoms. The fourth-order valence-electron chi connectivity index (χ4n) is 5.85. The predicted octanol–water partition coefficient (Wildman–Crippen LogP) is 6.11. The maximum absolute atomic E-state index is 12.6. The third kappa shape index (κ3) is 3.98. The number of hydrogen-bond donors (Lipinski definition) is 3. The van der Waals surface area contributed by atoms with Crippen LogP contribution in [0.2, 0.25) is 0 Å². The van der Waals surface area contributed by atoms with Crippen LogP contribution in [0.15, 0.2) is 23.8 Å². The number of phenolic OH excluding ortho intramolecular Hbond substituents is 3. The molecule has 0 unspecified atom stereocenters. The fourth-order valence-corrected chi connectivity index (χ4v) is 5.85. The van der Waals surface area contributed by atoms with E-state index in [1.807, 2.05) is 6.92 Å². The molecule has 0 saturated heterocycles. The van der Waals surface area contributed by atoms with Crippen LogP contribution in [0.4, 0.5) is 0 Å². The highest BCUT2D eigenvalue weighted by Crippen LogP contribution is 2.56. The van der Waals surface area contributed by atoms with Crippen LogP contribution >= 0.6 is 0 Å². The van der Waals surface area contributed by atoms with Gasteiger partial charge < -0.3 is 15.3 Å². The van der Waals surface area contributed by atoms with Crippen LogP contribution in [-0.2, 0) is 6.42 Å². The number of aromatic hydroxyl groups is 3. The van der Waals surface area contributed by atoms with Gasteiger partial charge in [-0.15, -0.1) is 0 Å². The molecule has 0 aliphatic heterocycles. The predicted molar refractivity (Wildman–Crippen MR) is 125 cm³/mol. The van der Waals surface area contributed by atoms with Gasteiger partial charge in [-0.1, -0.05) is 44.6 Å². The average Bonchev–Trinajstić information content (AvgIpc) is 2.73. The molecule has 4 atom stereocenters. The number of rotatable bonds is 7. The molecule has 3 rings (SSSR count). The minimum absolute atomic E-state index is 0.102. The molecule has 174 valence electrons. The molecule has 2 aliphatic rings. The van der Waals surface area contributed by atoms with Crippen LogP contribution in [0.5, 0.6) is 17.2 Å². The Labute approximate surface area is 190 Å². The van der Waals surface area contributed by atoms with E-state index in [4.69, 9.17) is 0 Å². The molecular formula is C27H36O5. The fraction of sp³-hybridized carbons (Fsp3) is 0.556. The number of phenols is 3. The Morgan fingerprint density at radius 3 is 2.47 bits per heavy atom. The zero-order valence-electron chi connectivity index (χ0n) is 19.7. The van der Waals surface area contributed by atoms with Crippen molar-refractivity contribution in [1.29, 1.82) is 0 Å². The van der Waals surface area contributed by atoms with Crippen molar-refractivity contribution in [2.45, 2.75) is 72.6 Å². The van der Waals surface area contributed by atoms with Crippen molar-refractivity contribution < 1.29 is 24.9 Å². The highest BCUT2D eigenvalue weighted by atomic mass is 16.3. The summed E-state index contributed by atoms with van der Waals surface area (Å²) >= 11 is 0. The summed E-state index contributed by atoms with van der Waals surface area (Å²) < 4.78 is 0. The van der Waals surface area contributed by atoms with E-state index >= 15 is 0 Å². The number of aldehydes is 1. The first-order valence-electron chi connectivity index (χ1n) is 11.7. The van der Waals surface area contributed by atoms with Gasteiger partial charge in [0.1, 0.15) is 22.8 Å². The maximum Gasteiger partial charge on any atom is 0.170 e. The first-order valence-corrected chi connectivity index (χ1v) is 11.7. The second-order valence-corrected chi connectivity index (χ2v) is 10.0.